The molecule has 136 valence electrons. The Morgan fingerprint density at radius 3 is 2.67 bits per heavy atom. The van der Waals surface area contributed by atoms with Gasteiger partial charge in [0.25, 0.3) is 5.91 Å². The first-order valence-electron chi connectivity index (χ1n) is 8.63. The maximum atomic E-state index is 12.5. The predicted molar refractivity (Wildman–Crippen MR) is 105 cm³/mol. The van der Waals surface area contributed by atoms with Gasteiger partial charge in [0.2, 0.25) is 0 Å². The number of aromatic nitrogens is 2. The number of carbonyl (C=O) groups excluding carboxylic acids is 1. The molecule has 2 heterocycles. The first-order valence-corrected chi connectivity index (χ1v) is 8.63. The van der Waals surface area contributed by atoms with Crippen molar-refractivity contribution in [3.8, 4) is 11.8 Å². The molecule has 5 heteroatoms. The fraction of sp³-hybridized carbons (Fsp3) is 0.227. The van der Waals surface area contributed by atoms with Crippen LogP contribution in [-0.2, 0) is 5.41 Å². The number of nitrogens with zero attached hydrogens (tertiary/aromatic N) is 2. The van der Waals surface area contributed by atoms with Crippen LogP contribution in [0.1, 0.15) is 53.5 Å². The summed E-state index contributed by atoms with van der Waals surface area (Å²) in [5, 5.41) is 2.70. The third-order valence-corrected chi connectivity index (χ3v) is 4.00. The van der Waals surface area contributed by atoms with Crippen LogP contribution in [0.2, 0.25) is 0 Å². The van der Waals surface area contributed by atoms with E-state index in [2.05, 4.69) is 27.1 Å². The molecule has 0 saturated heterocycles. The summed E-state index contributed by atoms with van der Waals surface area (Å²) < 4.78 is 5.36. The molecule has 1 aromatic carbocycles. The maximum Gasteiger partial charge on any atom is 0.301 e. The molecular weight excluding hydrogens is 338 g/mol. The highest BCUT2D eigenvalue weighted by Gasteiger charge is 2.19. The van der Waals surface area contributed by atoms with Crippen LogP contribution < -0.4 is 5.32 Å². The van der Waals surface area contributed by atoms with Gasteiger partial charge in [-0.2, -0.15) is 4.98 Å². The predicted octanol–water partition coefficient (Wildman–Crippen LogP) is 4.33. The Morgan fingerprint density at radius 2 is 2.00 bits per heavy atom. The molecule has 5 nitrogen and oxygen atoms in total. The van der Waals surface area contributed by atoms with Crippen molar-refractivity contribution in [3.05, 3.63) is 76.9 Å². The van der Waals surface area contributed by atoms with E-state index in [0.29, 0.717) is 5.56 Å². The Balaban J connectivity index is 1.80. The standard InChI is InChI=1S/C22H21N3O2/c1-15-7-9-18(12-17(15)10-8-16-6-5-11-23-13-16)20(26)25-21-24-19(14-27-21)22(2,3)4/h5-7,9,11-14H,1-4H3,(H,24,25,26). The lowest BCUT2D eigenvalue weighted by Gasteiger charge is -2.12. The minimum atomic E-state index is -0.290. The average Bonchev–Trinajstić information content (AvgIpc) is 3.11. The number of oxazole rings is 1. The van der Waals surface area contributed by atoms with E-state index in [-0.39, 0.29) is 17.3 Å². The van der Waals surface area contributed by atoms with Gasteiger partial charge >= 0.3 is 6.01 Å². The minimum absolute atomic E-state index is 0.147. The van der Waals surface area contributed by atoms with Gasteiger partial charge in [0.05, 0.1) is 5.69 Å². The normalized spacial score (nSPS) is 10.8. The van der Waals surface area contributed by atoms with Gasteiger partial charge in [0.15, 0.2) is 0 Å². The van der Waals surface area contributed by atoms with Crippen molar-refractivity contribution >= 4 is 11.9 Å². The fourth-order valence-electron chi connectivity index (χ4n) is 2.32. The molecule has 0 atom stereocenters. The topological polar surface area (TPSA) is 68.0 Å². The second-order valence-electron chi connectivity index (χ2n) is 7.26. The molecular formula is C22H21N3O2. The second kappa shape index (κ2) is 7.46. The van der Waals surface area contributed by atoms with Crippen molar-refractivity contribution < 1.29 is 9.21 Å². The Kier molecular flexibility index (Phi) is 5.09. The van der Waals surface area contributed by atoms with E-state index in [1.807, 2.05) is 45.9 Å². The summed E-state index contributed by atoms with van der Waals surface area (Å²) in [6.45, 7) is 8.05. The number of carbonyl (C=O) groups is 1. The van der Waals surface area contributed by atoms with Gasteiger partial charge < -0.3 is 4.42 Å². The Hall–Kier alpha value is -3.39. The highest BCUT2D eigenvalue weighted by Crippen LogP contribution is 2.23. The molecule has 0 unspecified atom stereocenters. The Bertz CT molecular complexity index is 1020. The highest BCUT2D eigenvalue weighted by molar-refractivity contribution is 6.03. The maximum absolute atomic E-state index is 12.5. The third-order valence-electron chi connectivity index (χ3n) is 4.00. The zero-order valence-corrected chi connectivity index (χ0v) is 15.8. The molecule has 2 aromatic heterocycles. The molecule has 0 saturated carbocycles. The van der Waals surface area contributed by atoms with Crippen molar-refractivity contribution in [2.24, 2.45) is 0 Å². The van der Waals surface area contributed by atoms with Gasteiger partial charge in [0.1, 0.15) is 6.26 Å². The summed E-state index contributed by atoms with van der Waals surface area (Å²) in [5.74, 6) is 5.88. The molecule has 1 N–H and O–H groups in total. The Morgan fingerprint density at radius 1 is 1.19 bits per heavy atom. The number of rotatable bonds is 2. The van der Waals surface area contributed by atoms with Gasteiger partial charge in [-0.05, 0) is 36.8 Å². The number of pyridine rings is 1. The summed E-state index contributed by atoms with van der Waals surface area (Å²) in [6, 6.07) is 9.31. The van der Waals surface area contributed by atoms with E-state index in [0.717, 1.165) is 22.4 Å². The molecule has 0 radical (unpaired) electrons. The zero-order chi connectivity index (χ0) is 19.4. The van der Waals surface area contributed by atoms with Crippen LogP contribution in [0.4, 0.5) is 6.01 Å². The van der Waals surface area contributed by atoms with Crippen LogP contribution in [0, 0.1) is 18.8 Å². The van der Waals surface area contributed by atoms with E-state index in [1.165, 1.54) is 0 Å². The van der Waals surface area contributed by atoms with Crippen LogP contribution in [-0.4, -0.2) is 15.9 Å². The van der Waals surface area contributed by atoms with Crippen LogP contribution in [0.15, 0.2) is 53.4 Å². The van der Waals surface area contributed by atoms with Crippen LogP contribution in [0.5, 0.6) is 0 Å². The fourth-order valence-corrected chi connectivity index (χ4v) is 2.32. The molecule has 0 fully saturated rings. The summed E-state index contributed by atoms with van der Waals surface area (Å²) in [5.41, 5.74) is 3.73. The number of benzene rings is 1. The monoisotopic (exact) mass is 359 g/mol. The van der Waals surface area contributed by atoms with E-state index in [4.69, 9.17) is 4.42 Å². The number of amides is 1. The first kappa shape index (κ1) is 18.4. The molecule has 1 amide bonds. The average molecular weight is 359 g/mol. The van der Waals surface area contributed by atoms with E-state index < -0.39 is 0 Å². The van der Waals surface area contributed by atoms with E-state index >= 15 is 0 Å². The first-order chi connectivity index (χ1) is 12.8. The van der Waals surface area contributed by atoms with Gasteiger partial charge in [-0.25, -0.2) is 0 Å². The van der Waals surface area contributed by atoms with Gasteiger partial charge in [0, 0.05) is 34.5 Å². The van der Waals surface area contributed by atoms with Gasteiger partial charge in [-0.15, -0.1) is 0 Å². The molecule has 0 aliphatic rings. The molecule has 0 aliphatic carbocycles. The summed E-state index contributed by atoms with van der Waals surface area (Å²) >= 11 is 0. The van der Waals surface area contributed by atoms with Gasteiger partial charge in [-0.3, -0.25) is 15.1 Å². The van der Waals surface area contributed by atoms with Crippen LogP contribution in [0.25, 0.3) is 0 Å². The van der Waals surface area contributed by atoms with E-state index in [9.17, 15) is 4.79 Å². The number of hydrogen-bond donors (Lipinski definition) is 1. The summed E-state index contributed by atoms with van der Waals surface area (Å²) in [7, 11) is 0. The summed E-state index contributed by atoms with van der Waals surface area (Å²) in [6.07, 6.45) is 4.97. The lowest BCUT2D eigenvalue weighted by atomic mass is 9.93. The quantitative estimate of drug-likeness (QED) is 0.692. The molecule has 3 aromatic rings. The van der Waals surface area contributed by atoms with Gasteiger partial charge in [-0.1, -0.05) is 38.7 Å². The number of anilines is 1. The highest BCUT2D eigenvalue weighted by atomic mass is 16.4. The largest absolute Gasteiger partial charge is 0.432 e. The minimum Gasteiger partial charge on any atom is -0.432 e. The van der Waals surface area contributed by atoms with Crippen LogP contribution >= 0.6 is 0 Å². The lowest BCUT2D eigenvalue weighted by Crippen LogP contribution is -2.14. The zero-order valence-electron chi connectivity index (χ0n) is 15.8. The molecule has 0 bridgehead atoms. The second-order valence-corrected chi connectivity index (χ2v) is 7.26. The molecule has 27 heavy (non-hydrogen) atoms. The van der Waals surface area contributed by atoms with Crippen molar-refractivity contribution in [1.29, 1.82) is 0 Å². The molecule has 0 aliphatic heterocycles. The molecule has 0 spiro atoms. The number of hydrogen-bond acceptors (Lipinski definition) is 4. The summed E-state index contributed by atoms with van der Waals surface area (Å²) in [4.78, 5) is 20.9. The van der Waals surface area contributed by atoms with Crippen molar-refractivity contribution in [2.45, 2.75) is 33.1 Å². The third kappa shape index (κ3) is 4.62. The number of nitrogens with one attached hydrogen (secondary N) is 1. The van der Waals surface area contributed by atoms with E-state index in [1.54, 1.807) is 30.8 Å². The smallest absolute Gasteiger partial charge is 0.301 e. The van der Waals surface area contributed by atoms with Crippen molar-refractivity contribution in [2.75, 3.05) is 5.32 Å². The van der Waals surface area contributed by atoms with Crippen LogP contribution in [0.3, 0.4) is 0 Å². The van der Waals surface area contributed by atoms with Crippen molar-refractivity contribution in [3.63, 3.8) is 0 Å². The lowest BCUT2D eigenvalue weighted by molar-refractivity contribution is 0.102. The Labute approximate surface area is 158 Å². The van der Waals surface area contributed by atoms with Crippen molar-refractivity contribution in [1.82, 2.24) is 9.97 Å². The number of aryl methyl sites for hydroxylation is 1. The molecule has 3 rings (SSSR count). The SMILES string of the molecule is Cc1ccc(C(=O)Nc2nc(C(C)(C)C)co2)cc1C#Cc1cccnc1.